The average molecular weight is 174 g/mol. The number of rotatable bonds is 6. The fourth-order valence-corrected chi connectivity index (χ4v) is 0.823. The van der Waals surface area contributed by atoms with Crippen molar-refractivity contribution in [2.45, 2.75) is 32.4 Å². The van der Waals surface area contributed by atoms with Gasteiger partial charge in [-0.25, -0.2) is 0 Å². The van der Waals surface area contributed by atoms with Crippen molar-refractivity contribution in [2.75, 3.05) is 27.2 Å². The molecule has 74 valence electrons. The lowest BCUT2D eigenvalue weighted by atomic mass is 10.2. The molecule has 0 aliphatic heterocycles. The molecule has 0 heterocycles. The van der Waals surface area contributed by atoms with Crippen molar-refractivity contribution >= 4 is 0 Å². The number of nitrogens with zero attached hydrogens (tertiary/aromatic N) is 1. The van der Waals surface area contributed by atoms with Crippen molar-refractivity contribution in [1.82, 2.24) is 4.90 Å². The van der Waals surface area contributed by atoms with Gasteiger partial charge >= 0.3 is 0 Å². The fraction of sp³-hybridized carbons (Fsp3) is 1.00. The number of hydrogen-bond acceptors (Lipinski definition) is 3. The van der Waals surface area contributed by atoms with Crippen LogP contribution < -0.4 is 5.73 Å². The van der Waals surface area contributed by atoms with Crippen molar-refractivity contribution in [3.63, 3.8) is 0 Å². The summed E-state index contributed by atoms with van der Waals surface area (Å²) in [5.74, 6) is 0. The Labute approximate surface area is 75.9 Å². The summed E-state index contributed by atoms with van der Waals surface area (Å²) >= 11 is 0. The zero-order valence-corrected chi connectivity index (χ0v) is 8.71. The van der Waals surface area contributed by atoms with Gasteiger partial charge in [-0.1, -0.05) is 0 Å². The molecule has 0 aliphatic rings. The summed E-state index contributed by atoms with van der Waals surface area (Å²) in [5.41, 5.74) is 5.82. The van der Waals surface area contributed by atoms with Gasteiger partial charge in [-0.3, -0.25) is 0 Å². The average Bonchev–Trinajstić information content (AvgIpc) is 1.96. The monoisotopic (exact) mass is 174 g/mol. The molecule has 0 radical (unpaired) electrons. The van der Waals surface area contributed by atoms with Crippen LogP contribution in [0.25, 0.3) is 0 Å². The molecule has 0 aromatic heterocycles. The van der Waals surface area contributed by atoms with Gasteiger partial charge in [0, 0.05) is 6.04 Å². The lowest BCUT2D eigenvalue weighted by Crippen LogP contribution is -2.31. The molecule has 0 saturated heterocycles. The van der Waals surface area contributed by atoms with Crippen molar-refractivity contribution in [3.8, 4) is 0 Å². The van der Waals surface area contributed by atoms with Crippen LogP contribution in [-0.4, -0.2) is 44.3 Å². The minimum absolute atomic E-state index is 0.176. The Morgan fingerprint density at radius 3 is 2.33 bits per heavy atom. The molecule has 0 bridgehead atoms. The summed E-state index contributed by atoms with van der Waals surface area (Å²) in [5, 5.41) is 0. The van der Waals surface area contributed by atoms with E-state index in [4.69, 9.17) is 10.5 Å². The van der Waals surface area contributed by atoms with Gasteiger partial charge in [0.05, 0.1) is 12.7 Å². The maximum absolute atomic E-state index is 5.82. The van der Waals surface area contributed by atoms with Gasteiger partial charge in [0.15, 0.2) is 0 Å². The quantitative estimate of drug-likeness (QED) is 0.644. The van der Waals surface area contributed by atoms with Crippen LogP contribution in [-0.2, 0) is 4.74 Å². The van der Waals surface area contributed by atoms with E-state index in [0.29, 0.717) is 6.61 Å². The molecule has 0 spiro atoms. The molecule has 3 nitrogen and oxygen atoms in total. The highest BCUT2D eigenvalue weighted by Crippen LogP contribution is 1.94. The lowest BCUT2D eigenvalue weighted by Gasteiger charge is -2.16. The third-order valence-electron chi connectivity index (χ3n) is 1.59. The first kappa shape index (κ1) is 11.9. The van der Waals surface area contributed by atoms with E-state index in [-0.39, 0.29) is 12.1 Å². The fourth-order valence-electron chi connectivity index (χ4n) is 0.823. The highest BCUT2D eigenvalue weighted by molar-refractivity contribution is 4.61. The van der Waals surface area contributed by atoms with Gasteiger partial charge in [-0.05, 0) is 40.9 Å². The van der Waals surface area contributed by atoms with Crippen LogP contribution >= 0.6 is 0 Å². The Balaban J connectivity index is 3.27. The van der Waals surface area contributed by atoms with Gasteiger partial charge < -0.3 is 15.4 Å². The van der Waals surface area contributed by atoms with E-state index >= 15 is 0 Å². The van der Waals surface area contributed by atoms with Crippen LogP contribution in [0.5, 0.6) is 0 Å². The van der Waals surface area contributed by atoms with Crippen LogP contribution in [0.15, 0.2) is 0 Å². The molecular formula is C9H22N2O. The maximum atomic E-state index is 5.82. The molecular weight excluding hydrogens is 152 g/mol. The van der Waals surface area contributed by atoms with E-state index in [9.17, 15) is 0 Å². The van der Waals surface area contributed by atoms with Gasteiger partial charge in [0.1, 0.15) is 0 Å². The second-order valence-corrected chi connectivity index (χ2v) is 3.73. The minimum atomic E-state index is 0.176. The molecule has 1 atom stereocenters. The van der Waals surface area contributed by atoms with E-state index in [0.717, 1.165) is 13.0 Å². The molecule has 0 amide bonds. The highest BCUT2D eigenvalue weighted by atomic mass is 16.5. The van der Waals surface area contributed by atoms with Crippen LogP contribution in [0.4, 0.5) is 0 Å². The first-order valence-electron chi connectivity index (χ1n) is 4.54. The molecule has 0 fully saturated rings. The summed E-state index contributed by atoms with van der Waals surface area (Å²) in [6.07, 6.45) is 1.29. The normalized spacial score (nSPS) is 14.2. The van der Waals surface area contributed by atoms with E-state index < -0.39 is 0 Å². The third-order valence-corrected chi connectivity index (χ3v) is 1.59. The first-order valence-corrected chi connectivity index (χ1v) is 4.54. The van der Waals surface area contributed by atoms with Gasteiger partial charge in [0.2, 0.25) is 0 Å². The largest absolute Gasteiger partial charge is 0.377 e. The van der Waals surface area contributed by atoms with Crippen molar-refractivity contribution < 1.29 is 4.74 Å². The number of nitrogens with two attached hydrogens (primary N) is 1. The molecule has 1 unspecified atom stereocenters. The Kier molecular flexibility index (Phi) is 6.34. The molecule has 3 heteroatoms. The van der Waals surface area contributed by atoms with E-state index in [1.54, 1.807) is 0 Å². The summed E-state index contributed by atoms with van der Waals surface area (Å²) in [6, 6.07) is 0.176. The molecule has 0 aromatic carbocycles. The lowest BCUT2D eigenvalue weighted by molar-refractivity contribution is 0.0657. The second kappa shape index (κ2) is 6.40. The van der Waals surface area contributed by atoms with Crippen molar-refractivity contribution in [1.29, 1.82) is 0 Å². The Morgan fingerprint density at radius 2 is 1.92 bits per heavy atom. The highest BCUT2D eigenvalue weighted by Gasteiger charge is 2.04. The predicted octanol–water partition coefficient (Wildman–Crippen LogP) is 0.690. The zero-order valence-electron chi connectivity index (χ0n) is 8.71. The molecule has 0 aromatic rings. The number of hydrogen-bond donors (Lipinski definition) is 1. The van der Waals surface area contributed by atoms with E-state index in [1.807, 2.05) is 13.8 Å². The molecule has 2 N–H and O–H groups in total. The Hall–Kier alpha value is -0.120. The first-order chi connectivity index (χ1) is 5.52. The van der Waals surface area contributed by atoms with Crippen LogP contribution in [0.2, 0.25) is 0 Å². The zero-order chi connectivity index (χ0) is 9.56. The molecule has 12 heavy (non-hydrogen) atoms. The summed E-state index contributed by atoms with van der Waals surface area (Å²) in [4.78, 5) is 2.13. The summed E-state index contributed by atoms with van der Waals surface area (Å²) in [6.45, 7) is 5.76. The molecule has 0 aliphatic carbocycles. The topological polar surface area (TPSA) is 38.5 Å². The predicted molar refractivity (Wildman–Crippen MR) is 52.2 cm³/mol. The summed E-state index contributed by atoms with van der Waals surface area (Å²) in [7, 11) is 4.10. The van der Waals surface area contributed by atoms with Crippen LogP contribution in [0, 0.1) is 0 Å². The number of ether oxygens (including phenoxy) is 1. The van der Waals surface area contributed by atoms with Gasteiger partial charge in [-0.2, -0.15) is 0 Å². The third kappa shape index (κ3) is 7.98. The Morgan fingerprint density at radius 1 is 1.33 bits per heavy atom. The standard InChI is InChI=1S/C9H22N2O/c1-8(2)12-7-9(10)5-6-11(3)4/h8-9H,5-7,10H2,1-4H3. The van der Waals surface area contributed by atoms with Crippen molar-refractivity contribution in [2.24, 2.45) is 5.73 Å². The van der Waals surface area contributed by atoms with Crippen LogP contribution in [0.3, 0.4) is 0 Å². The van der Waals surface area contributed by atoms with Crippen molar-refractivity contribution in [3.05, 3.63) is 0 Å². The SMILES string of the molecule is CC(C)OCC(N)CCN(C)C. The van der Waals surface area contributed by atoms with Gasteiger partial charge in [-0.15, -0.1) is 0 Å². The summed E-state index contributed by atoms with van der Waals surface area (Å²) < 4.78 is 5.39. The van der Waals surface area contributed by atoms with E-state index in [1.165, 1.54) is 0 Å². The Bertz CT molecular complexity index is 92.7. The van der Waals surface area contributed by atoms with Gasteiger partial charge in [0.25, 0.3) is 0 Å². The maximum Gasteiger partial charge on any atom is 0.0621 e. The molecule has 0 rings (SSSR count). The van der Waals surface area contributed by atoms with E-state index in [2.05, 4.69) is 19.0 Å². The molecule has 0 saturated carbocycles. The smallest absolute Gasteiger partial charge is 0.0621 e. The minimum Gasteiger partial charge on any atom is -0.377 e. The van der Waals surface area contributed by atoms with Crippen LogP contribution in [0.1, 0.15) is 20.3 Å². The second-order valence-electron chi connectivity index (χ2n) is 3.73.